The first-order chi connectivity index (χ1) is 19.1. The molecule has 9 heteroatoms. The van der Waals surface area contributed by atoms with Crippen LogP contribution in [0.15, 0.2) is 66.7 Å². The number of para-hydroxylation sites is 3. The lowest BCUT2D eigenvalue weighted by molar-refractivity contribution is 0.176. The molecule has 0 spiro atoms. The zero-order valence-corrected chi connectivity index (χ0v) is 22.6. The van der Waals surface area contributed by atoms with Gasteiger partial charge in [-0.15, -0.1) is 0 Å². The largest absolute Gasteiger partial charge is 0.493 e. The number of carbonyl (C=O) groups is 1. The number of amides is 2. The molecule has 0 aliphatic carbocycles. The van der Waals surface area contributed by atoms with Gasteiger partial charge in [0.1, 0.15) is 18.2 Å². The SMILES string of the molecule is COc1cc(NC(=O)N2CCC(Cn3c(COc4ccccc4)nc4ccccc43)CC2)cc(OC)c1OC. The summed E-state index contributed by atoms with van der Waals surface area (Å²) in [5.74, 6) is 3.61. The normalized spacial score (nSPS) is 13.8. The summed E-state index contributed by atoms with van der Waals surface area (Å²) < 4.78 is 24.5. The number of methoxy groups -OCH3 is 3. The maximum atomic E-state index is 13.1. The molecule has 0 radical (unpaired) electrons. The Balaban J connectivity index is 1.23. The molecule has 1 fully saturated rings. The van der Waals surface area contributed by atoms with Gasteiger partial charge in [-0.1, -0.05) is 30.3 Å². The molecule has 204 valence electrons. The van der Waals surface area contributed by atoms with Crippen LogP contribution in [-0.2, 0) is 13.2 Å². The zero-order valence-electron chi connectivity index (χ0n) is 22.6. The molecule has 1 N–H and O–H groups in total. The molecule has 0 unspecified atom stereocenters. The van der Waals surface area contributed by atoms with Crippen molar-refractivity contribution in [3.8, 4) is 23.0 Å². The van der Waals surface area contributed by atoms with E-state index in [1.54, 1.807) is 33.5 Å². The number of urea groups is 1. The van der Waals surface area contributed by atoms with Crippen molar-refractivity contribution in [3.05, 3.63) is 72.6 Å². The van der Waals surface area contributed by atoms with Gasteiger partial charge in [-0.25, -0.2) is 9.78 Å². The van der Waals surface area contributed by atoms with E-state index in [2.05, 4.69) is 16.0 Å². The monoisotopic (exact) mass is 530 g/mol. The third kappa shape index (κ3) is 5.87. The molecule has 2 amide bonds. The van der Waals surface area contributed by atoms with Crippen LogP contribution in [0.2, 0.25) is 0 Å². The van der Waals surface area contributed by atoms with Crippen LogP contribution < -0.4 is 24.3 Å². The summed E-state index contributed by atoms with van der Waals surface area (Å²) in [5.41, 5.74) is 2.66. The summed E-state index contributed by atoms with van der Waals surface area (Å²) in [6.07, 6.45) is 1.79. The van der Waals surface area contributed by atoms with E-state index < -0.39 is 0 Å². The van der Waals surface area contributed by atoms with Crippen LogP contribution >= 0.6 is 0 Å². The molecule has 0 saturated carbocycles. The van der Waals surface area contributed by atoms with E-state index in [0.29, 0.717) is 48.6 Å². The predicted molar refractivity (Wildman–Crippen MR) is 150 cm³/mol. The number of rotatable bonds is 9. The first-order valence-electron chi connectivity index (χ1n) is 13.1. The Labute approximate surface area is 228 Å². The van der Waals surface area contributed by atoms with Crippen molar-refractivity contribution in [3.63, 3.8) is 0 Å². The van der Waals surface area contributed by atoms with E-state index in [-0.39, 0.29) is 6.03 Å². The van der Waals surface area contributed by atoms with Crippen molar-refractivity contribution in [2.75, 3.05) is 39.7 Å². The second-order valence-electron chi connectivity index (χ2n) is 9.50. The zero-order chi connectivity index (χ0) is 27.2. The van der Waals surface area contributed by atoms with Crippen molar-refractivity contribution in [1.82, 2.24) is 14.5 Å². The van der Waals surface area contributed by atoms with Crippen molar-refractivity contribution < 1.29 is 23.7 Å². The summed E-state index contributed by atoms with van der Waals surface area (Å²) in [4.78, 5) is 19.8. The van der Waals surface area contributed by atoms with Gasteiger partial charge in [-0.2, -0.15) is 0 Å². The summed E-state index contributed by atoms with van der Waals surface area (Å²) in [6, 6.07) is 21.3. The third-order valence-corrected chi connectivity index (χ3v) is 7.10. The van der Waals surface area contributed by atoms with E-state index in [0.717, 1.165) is 42.0 Å². The number of nitrogens with one attached hydrogen (secondary N) is 1. The number of hydrogen-bond acceptors (Lipinski definition) is 6. The third-order valence-electron chi connectivity index (χ3n) is 7.10. The second kappa shape index (κ2) is 12.0. The Morgan fingerprint density at radius 3 is 2.26 bits per heavy atom. The van der Waals surface area contributed by atoms with Crippen LogP contribution in [0.25, 0.3) is 11.0 Å². The number of aromatic nitrogens is 2. The molecule has 1 aliphatic heterocycles. The Hall–Kier alpha value is -4.40. The number of piperidine rings is 1. The van der Waals surface area contributed by atoms with E-state index in [4.69, 9.17) is 23.9 Å². The first kappa shape index (κ1) is 26.2. The van der Waals surface area contributed by atoms with Crippen LogP contribution in [0, 0.1) is 5.92 Å². The molecule has 4 aromatic rings. The highest BCUT2D eigenvalue weighted by Gasteiger charge is 2.25. The Morgan fingerprint density at radius 1 is 0.923 bits per heavy atom. The van der Waals surface area contributed by atoms with Crippen molar-refractivity contribution in [2.24, 2.45) is 5.92 Å². The number of nitrogens with zero attached hydrogens (tertiary/aromatic N) is 3. The highest BCUT2D eigenvalue weighted by molar-refractivity contribution is 5.90. The number of imidazole rings is 1. The second-order valence-corrected chi connectivity index (χ2v) is 9.50. The molecule has 9 nitrogen and oxygen atoms in total. The molecule has 2 heterocycles. The summed E-state index contributed by atoms with van der Waals surface area (Å²) in [6.45, 7) is 2.57. The average Bonchev–Trinajstić information content (AvgIpc) is 3.33. The molecular weight excluding hydrogens is 496 g/mol. The maximum absolute atomic E-state index is 13.1. The lowest BCUT2D eigenvalue weighted by Crippen LogP contribution is -2.41. The van der Waals surface area contributed by atoms with E-state index in [1.807, 2.05) is 53.4 Å². The van der Waals surface area contributed by atoms with E-state index in [9.17, 15) is 4.79 Å². The highest BCUT2D eigenvalue weighted by Crippen LogP contribution is 2.40. The highest BCUT2D eigenvalue weighted by atomic mass is 16.5. The van der Waals surface area contributed by atoms with Crippen molar-refractivity contribution in [1.29, 1.82) is 0 Å². The van der Waals surface area contributed by atoms with Gasteiger partial charge < -0.3 is 33.7 Å². The number of anilines is 1. The van der Waals surface area contributed by atoms with Gasteiger partial charge in [0, 0.05) is 31.8 Å². The van der Waals surface area contributed by atoms with Gasteiger partial charge >= 0.3 is 6.03 Å². The first-order valence-corrected chi connectivity index (χ1v) is 13.1. The summed E-state index contributed by atoms with van der Waals surface area (Å²) >= 11 is 0. The average molecular weight is 531 g/mol. The Kier molecular flexibility index (Phi) is 8.05. The summed E-state index contributed by atoms with van der Waals surface area (Å²) in [7, 11) is 4.65. The quantitative estimate of drug-likeness (QED) is 0.304. The molecule has 0 bridgehead atoms. The van der Waals surface area contributed by atoms with Gasteiger partial charge in [0.05, 0.1) is 38.1 Å². The molecule has 1 saturated heterocycles. The topological polar surface area (TPSA) is 87.1 Å². The number of fused-ring (bicyclic) bond motifs is 1. The van der Waals surface area contributed by atoms with Gasteiger partial charge in [0.15, 0.2) is 11.5 Å². The van der Waals surface area contributed by atoms with E-state index >= 15 is 0 Å². The molecule has 1 aliphatic rings. The fraction of sp³-hybridized carbons (Fsp3) is 0.333. The Bertz CT molecular complexity index is 1390. The maximum Gasteiger partial charge on any atom is 0.321 e. The van der Waals surface area contributed by atoms with Crippen molar-refractivity contribution >= 4 is 22.8 Å². The predicted octanol–water partition coefficient (Wildman–Crippen LogP) is 5.59. The Morgan fingerprint density at radius 2 is 1.59 bits per heavy atom. The minimum Gasteiger partial charge on any atom is -0.493 e. The molecule has 0 atom stereocenters. The molecule has 5 rings (SSSR count). The van der Waals surface area contributed by atoms with Gasteiger partial charge in [-0.05, 0) is 43.0 Å². The van der Waals surface area contributed by atoms with Gasteiger partial charge in [0.25, 0.3) is 0 Å². The van der Waals surface area contributed by atoms with Crippen LogP contribution in [0.5, 0.6) is 23.0 Å². The lowest BCUT2D eigenvalue weighted by atomic mass is 9.96. The van der Waals surface area contributed by atoms with Crippen LogP contribution in [0.1, 0.15) is 18.7 Å². The smallest absolute Gasteiger partial charge is 0.321 e. The number of benzene rings is 3. The van der Waals surface area contributed by atoms with Crippen LogP contribution in [-0.4, -0.2) is 54.9 Å². The number of likely N-dealkylation sites (tertiary alicyclic amines) is 1. The molecule has 39 heavy (non-hydrogen) atoms. The van der Waals surface area contributed by atoms with Crippen LogP contribution in [0.4, 0.5) is 10.5 Å². The number of hydrogen-bond donors (Lipinski definition) is 1. The molecule has 3 aromatic carbocycles. The fourth-order valence-electron chi connectivity index (χ4n) is 5.04. The van der Waals surface area contributed by atoms with E-state index in [1.165, 1.54) is 0 Å². The summed E-state index contributed by atoms with van der Waals surface area (Å²) in [5, 5.41) is 2.98. The standard InChI is InChI=1S/C30H34N4O5/c1-36-26-17-22(18-27(37-2)29(26)38-3)31-30(35)33-15-13-21(14-16-33)19-34-25-12-8-7-11-24(25)32-28(34)20-39-23-9-5-4-6-10-23/h4-12,17-18,21H,13-16,19-20H2,1-3H3,(H,31,35). The minimum absolute atomic E-state index is 0.146. The number of carbonyl (C=O) groups excluding carboxylic acids is 1. The molecule has 1 aromatic heterocycles. The fourth-order valence-corrected chi connectivity index (χ4v) is 5.04. The van der Waals surface area contributed by atoms with Gasteiger partial charge in [0.2, 0.25) is 5.75 Å². The number of ether oxygens (including phenoxy) is 4. The minimum atomic E-state index is -0.146. The molecular formula is C30H34N4O5. The van der Waals surface area contributed by atoms with Crippen LogP contribution in [0.3, 0.4) is 0 Å². The van der Waals surface area contributed by atoms with Crippen molar-refractivity contribution in [2.45, 2.75) is 26.0 Å². The van der Waals surface area contributed by atoms with Gasteiger partial charge in [-0.3, -0.25) is 0 Å². The lowest BCUT2D eigenvalue weighted by Gasteiger charge is -2.32.